The van der Waals surface area contributed by atoms with E-state index in [1.165, 1.54) is 28.7 Å². The molecule has 1 atom stereocenters. The van der Waals surface area contributed by atoms with Crippen molar-refractivity contribution in [2.24, 2.45) is 0 Å². The summed E-state index contributed by atoms with van der Waals surface area (Å²) in [5.74, 6) is 0. The molecule has 1 aromatic heterocycles. The first kappa shape index (κ1) is 13.0. The van der Waals surface area contributed by atoms with E-state index in [4.69, 9.17) is 4.98 Å². The van der Waals surface area contributed by atoms with Gasteiger partial charge in [-0.15, -0.1) is 11.3 Å². The minimum Gasteiger partial charge on any atom is -0.308 e. The number of thiazole rings is 1. The number of benzene rings is 2. The largest absolute Gasteiger partial charge is 0.308 e. The Morgan fingerprint density at radius 3 is 2.71 bits per heavy atom. The summed E-state index contributed by atoms with van der Waals surface area (Å²) >= 11 is 1.78. The van der Waals surface area contributed by atoms with Gasteiger partial charge in [-0.1, -0.05) is 36.4 Å². The van der Waals surface area contributed by atoms with Crippen molar-refractivity contribution in [3.8, 4) is 10.6 Å². The smallest absolute Gasteiger partial charge is 0.124 e. The van der Waals surface area contributed by atoms with E-state index in [2.05, 4.69) is 60.8 Å². The zero-order valence-electron chi connectivity index (χ0n) is 12.1. The van der Waals surface area contributed by atoms with Crippen LogP contribution in [0.5, 0.6) is 0 Å². The van der Waals surface area contributed by atoms with Crippen molar-refractivity contribution in [1.29, 1.82) is 0 Å². The minimum absolute atomic E-state index is 0.0778. The van der Waals surface area contributed by atoms with E-state index in [0.717, 1.165) is 17.1 Å². The third kappa shape index (κ3) is 2.17. The second-order valence-corrected chi connectivity index (χ2v) is 6.93. The molecule has 0 aliphatic carbocycles. The lowest BCUT2D eigenvalue weighted by Gasteiger charge is -2.27. The lowest BCUT2D eigenvalue weighted by Crippen LogP contribution is -2.33. The van der Waals surface area contributed by atoms with Crippen molar-refractivity contribution in [3.05, 3.63) is 54.1 Å². The van der Waals surface area contributed by atoms with Crippen LogP contribution in [0.4, 0.5) is 0 Å². The molecule has 1 fully saturated rings. The van der Waals surface area contributed by atoms with E-state index >= 15 is 0 Å². The Morgan fingerprint density at radius 2 is 1.90 bits per heavy atom. The maximum atomic E-state index is 4.84. The minimum atomic E-state index is 0.0778. The summed E-state index contributed by atoms with van der Waals surface area (Å²) in [5, 5.41) is 4.80. The molecule has 3 aromatic rings. The van der Waals surface area contributed by atoms with E-state index in [1.807, 2.05) is 0 Å². The number of fused-ring (bicyclic) bond motifs is 1. The lowest BCUT2D eigenvalue weighted by atomic mass is 9.87. The van der Waals surface area contributed by atoms with Gasteiger partial charge in [0.2, 0.25) is 0 Å². The van der Waals surface area contributed by atoms with Crippen molar-refractivity contribution in [2.45, 2.75) is 25.3 Å². The average Bonchev–Trinajstić information content (AvgIpc) is 3.14. The van der Waals surface area contributed by atoms with Gasteiger partial charge < -0.3 is 5.32 Å². The van der Waals surface area contributed by atoms with Gasteiger partial charge in [-0.3, -0.25) is 0 Å². The first-order valence-corrected chi connectivity index (χ1v) is 8.28. The SMILES string of the molecule is CC1(c2ccccc2-c2nc3ccccc3s2)CCCN1. The van der Waals surface area contributed by atoms with Gasteiger partial charge in [0.25, 0.3) is 0 Å². The van der Waals surface area contributed by atoms with Crippen molar-refractivity contribution in [2.75, 3.05) is 6.54 Å². The molecule has 0 spiro atoms. The Bertz CT molecular complexity index is 752. The van der Waals surface area contributed by atoms with Gasteiger partial charge in [-0.2, -0.15) is 0 Å². The van der Waals surface area contributed by atoms with Crippen molar-refractivity contribution < 1.29 is 0 Å². The highest BCUT2D eigenvalue weighted by Gasteiger charge is 2.32. The van der Waals surface area contributed by atoms with E-state index in [9.17, 15) is 0 Å². The molecule has 21 heavy (non-hydrogen) atoms. The fourth-order valence-corrected chi connectivity index (χ4v) is 4.27. The van der Waals surface area contributed by atoms with Gasteiger partial charge in [0, 0.05) is 11.1 Å². The van der Waals surface area contributed by atoms with E-state index < -0.39 is 0 Å². The Morgan fingerprint density at radius 1 is 1.10 bits per heavy atom. The van der Waals surface area contributed by atoms with Crippen LogP contribution in [-0.4, -0.2) is 11.5 Å². The molecule has 4 rings (SSSR count). The zero-order valence-corrected chi connectivity index (χ0v) is 12.9. The van der Waals surface area contributed by atoms with Crippen molar-refractivity contribution >= 4 is 21.6 Å². The standard InChI is InChI=1S/C18H18N2S/c1-18(11-6-12-19-18)14-8-3-2-7-13(14)17-20-15-9-4-5-10-16(15)21-17/h2-5,7-10,19H,6,11-12H2,1H3. The molecule has 2 heterocycles. The third-order valence-electron chi connectivity index (χ3n) is 4.41. The topological polar surface area (TPSA) is 24.9 Å². The Kier molecular flexibility index (Phi) is 3.05. The van der Waals surface area contributed by atoms with Gasteiger partial charge in [0.1, 0.15) is 5.01 Å². The monoisotopic (exact) mass is 294 g/mol. The highest BCUT2D eigenvalue weighted by molar-refractivity contribution is 7.21. The van der Waals surface area contributed by atoms with Crippen LogP contribution in [0.3, 0.4) is 0 Å². The highest BCUT2D eigenvalue weighted by Crippen LogP contribution is 2.39. The van der Waals surface area contributed by atoms with Crippen LogP contribution in [-0.2, 0) is 5.54 Å². The summed E-state index contributed by atoms with van der Waals surface area (Å²) in [6, 6.07) is 17.1. The third-order valence-corrected chi connectivity index (χ3v) is 5.48. The van der Waals surface area contributed by atoms with Gasteiger partial charge in [0.15, 0.2) is 0 Å². The van der Waals surface area contributed by atoms with E-state index in [1.54, 1.807) is 11.3 Å². The molecule has 1 aliphatic rings. The lowest BCUT2D eigenvalue weighted by molar-refractivity contribution is 0.436. The Labute approximate surface area is 128 Å². The average molecular weight is 294 g/mol. The Balaban J connectivity index is 1.88. The molecular weight excluding hydrogens is 276 g/mol. The number of hydrogen-bond donors (Lipinski definition) is 1. The number of hydrogen-bond acceptors (Lipinski definition) is 3. The summed E-state index contributed by atoms with van der Waals surface area (Å²) in [7, 11) is 0. The molecule has 1 aliphatic heterocycles. The molecule has 1 N–H and O–H groups in total. The van der Waals surface area contributed by atoms with Gasteiger partial charge in [-0.25, -0.2) is 4.98 Å². The molecule has 0 radical (unpaired) electrons. The summed E-state index contributed by atoms with van der Waals surface area (Å²) in [4.78, 5) is 4.84. The van der Waals surface area contributed by atoms with Crippen molar-refractivity contribution in [3.63, 3.8) is 0 Å². The first-order chi connectivity index (χ1) is 10.3. The molecular formula is C18H18N2S. The predicted octanol–water partition coefficient (Wildman–Crippen LogP) is 4.56. The maximum absolute atomic E-state index is 4.84. The van der Waals surface area contributed by atoms with E-state index in [-0.39, 0.29) is 5.54 Å². The maximum Gasteiger partial charge on any atom is 0.124 e. The first-order valence-electron chi connectivity index (χ1n) is 7.47. The predicted molar refractivity (Wildman–Crippen MR) is 89.6 cm³/mol. The summed E-state index contributed by atoms with van der Waals surface area (Å²) in [5.41, 5.74) is 3.82. The van der Waals surface area contributed by atoms with Crippen LogP contribution < -0.4 is 5.32 Å². The second kappa shape index (κ2) is 4.93. The molecule has 1 saturated heterocycles. The van der Waals surface area contributed by atoms with Crippen molar-refractivity contribution in [1.82, 2.24) is 10.3 Å². The van der Waals surface area contributed by atoms with Gasteiger partial charge >= 0.3 is 0 Å². The van der Waals surface area contributed by atoms with Gasteiger partial charge in [0.05, 0.1) is 10.2 Å². The summed E-state index contributed by atoms with van der Waals surface area (Å²) < 4.78 is 1.26. The normalized spacial score (nSPS) is 22.0. The number of nitrogens with one attached hydrogen (secondary N) is 1. The molecule has 3 heteroatoms. The molecule has 2 nitrogen and oxygen atoms in total. The molecule has 0 saturated carbocycles. The second-order valence-electron chi connectivity index (χ2n) is 5.89. The number of para-hydroxylation sites is 1. The summed E-state index contributed by atoms with van der Waals surface area (Å²) in [6.07, 6.45) is 2.43. The fraction of sp³-hybridized carbons (Fsp3) is 0.278. The molecule has 1 unspecified atom stereocenters. The number of aromatic nitrogens is 1. The molecule has 2 aromatic carbocycles. The Hall–Kier alpha value is -1.71. The van der Waals surface area contributed by atoms with Crippen LogP contribution in [0.1, 0.15) is 25.3 Å². The molecule has 0 bridgehead atoms. The zero-order chi connectivity index (χ0) is 14.3. The van der Waals surface area contributed by atoms with Crippen LogP contribution >= 0.6 is 11.3 Å². The van der Waals surface area contributed by atoms with Gasteiger partial charge in [-0.05, 0) is 44.0 Å². The van der Waals surface area contributed by atoms with Crippen LogP contribution in [0.15, 0.2) is 48.5 Å². The number of rotatable bonds is 2. The quantitative estimate of drug-likeness (QED) is 0.749. The molecule has 0 amide bonds. The highest BCUT2D eigenvalue weighted by atomic mass is 32.1. The van der Waals surface area contributed by atoms with Crippen LogP contribution in [0.2, 0.25) is 0 Å². The number of nitrogens with zero attached hydrogens (tertiary/aromatic N) is 1. The summed E-state index contributed by atoms with van der Waals surface area (Å²) in [6.45, 7) is 3.41. The molecule has 106 valence electrons. The van der Waals surface area contributed by atoms with Crippen LogP contribution in [0, 0.1) is 0 Å². The fourth-order valence-electron chi connectivity index (χ4n) is 3.26. The van der Waals surface area contributed by atoms with E-state index in [0.29, 0.717) is 0 Å². The van der Waals surface area contributed by atoms with Crippen LogP contribution in [0.25, 0.3) is 20.8 Å².